The summed E-state index contributed by atoms with van der Waals surface area (Å²) in [4.78, 5) is 40.2. The smallest absolute Gasteiger partial charge is 0.308 e. The standard InChI is InChI=1S/C54H79NO5/c1-3-5-7-9-11-13-15-17-18-20-22-24-26-28-32-44(31-27-25-23-21-19-16-14-12-10-8-6-4-2)54(59)60-42-41-43-35-37-45(38-36-43)55-48-39-40-49(56)51-50(48)52(57)46-33-29-30-34-47(46)53(51)58/h29-30,33-40,44,55-56H,3-28,31-32,41-42H2,1-2H3. The van der Waals surface area contributed by atoms with E-state index in [0.29, 0.717) is 29.8 Å². The molecule has 3 aromatic carbocycles. The molecule has 0 aliphatic heterocycles. The first-order valence-electron chi connectivity index (χ1n) is 24.5. The molecule has 2 N–H and O–H groups in total. The molecule has 6 heteroatoms. The fraction of sp³-hybridized carbons (Fsp3) is 0.611. The second-order valence-electron chi connectivity index (χ2n) is 17.6. The van der Waals surface area contributed by atoms with E-state index < -0.39 is 0 Å². The summed E-state index contributed by atoms with van der Waals surface area (Å²) >= 11 is 0. The van der Waals surface area contributed by atoms with Gasteiger partial charge in [-0.25, -0.2) is 0 Å². The molecule has 3 aromatic rings. The maximum atomic E-state index is 13.5. The Labute approximate surface area is 364 Å². The van der Waals surface area contributed by atoms with Crippen LogP contribution in [0.15, 0.2) is 60.7 Å². The third kappa shape index (κ3) is 17.2. The van der Waals surface area contributed by atoms with Gasteiger partial charge >= 0.3 is 5.97 Å². The van der Waals surface area contributed by atoms with Crippen molar-refractivity contribution in [3.63, 3.8) is 0 Å². The summed E-state index contributed by atoms with van der Waals surface area (Å²) in [6.45, 7) is 4.90. The number of nitrogens with one attached hydrogen (secondary N) is 1. The van der Waals surface area contributed by atoms with Gasteiger partial charge in [0.05, 0.1) is 29.3 Å². The van der Waals surface area contributed by atoms with E-state index in [2.05, 4.69) is 19.2 Å². The Morgan fingerprint density at radius 2 is 0.950 bits per heavy atom. The molecule has 0 bridgehead atoms. The minimum absolute atomic E-state index is 0.0187. The van der Waals surface area contributed by atoms with Crippen LogP contribution >= 0.6 is 0 Å². The van der Waals surface area contributed by atoms with Crippen molar-refractivity contribution in [2.75, 3.05) is 11.9 Å². The minimum atomic E-state index is -0.359. The lowest BCUT2D eigenvalue weighted by molar-refractivity contribution is -0.149. The van der Waals surface area contributed by atoms with Crippen molar-refractivity contribution >= 4 is 28.9 Å². The minimum Gasteiger partial charge on any atom is -0.507 e. The Kier molecular flexibility index (Phi) is 23.8. The number of hydrogen-bond acceptors (Lipinski definition) is 6. The SMILES string of the molecule is CCCCCCCCCCCCCCCCC(CCCCCCCCCCCCCC)C(=O)OCCc1ccc(Nc2ccc(O)c3c2C(=O)c2ccccc2C3=O)cc1. The van der Waals surface area contributed by atoms with Crippen molar-refractivity contribution in [2.24, 2.45) is 5.92 Å². The van der Waals surface area contributed by atoms with Crippen molar-refractivity contribution in [3.8, 4) is 5.75 Å². The first-order chi connectivity index (χ1) is 29.4. The van der Waals surface area contributed by atoms with Crippen molar-refractivity contribution in [2.45, 2.75) is 200 Å². The predicted octanol–water partition coefficient (Wildman–Crippen LogP) is 15.6. The van der Waals surface area contributed by atoms with Crippen LogP contribution in [0.4, 0.5) is 11.4 Å². The number of ether oxygens (including phenoxy) is 1. The molecule has 1 aliphatic rings. The lowest BCUT2D eigenvalue weighted by atomic mass is 9.82. The molecule has 0 aromatic heterocycles. The van der Waals surface area contributed by atoms with E-state index in [4.69, 9.17) is 4.74 Å². The molecule has 1 aliphatic carbocycles. The van der Waals surface area contributed by atoms with Gasteiger partial charge in [0, 0.05) is 23.2 Å². The molecule has 330 valence electrons. The van der Waals surface area contributed by atoms with Gasteiger partial charge in [0.2, 0.25) is 0 Å². The third-order valence-corrected chi connectivity index (χ3v) is 12.6. The number of carbonyl (C=O) groups excluding carboxylic acids is 3. The highest BCUT2D eigenvalue weighted by molar-refractivity contribution is 6.31. The maximum absolute atomic E-state index is 13.5. The number of aromatic hydroxyl groups is 1. The lowest BCUT2D eigenvalue weighted by Gasteiger charge is -2.21. The van der Waals surface area contributed by atoms with E-state index in [0.717, 1.165) is 36.9 Å². The number of ketones is 2. The molecular formula is C54H79NO5. The molecular weight excluding hydrogens is 743 g/mol. The van der Waals surface area contributed by atoms with Crippen molar-refractivity contribution in [3.05, 3.63) is 88.5 Å². The van der Waals surface area contributed by atoms with Crippen LogP contribution in [0.2, 0.25) is 0 Å². The first kappa shape index (κ1) is 48.7. The van der Waals surface area contributed by atoms with Gasteiger partial charge in [-0.15, -0.1) is 0 Å². The zero-order chi connectivity index (χ0) is 42.6. The van der Waals surface area contributed by atoms with Gasteiger partial charge in [-0.2, -0.15) is 0 Å². The second kappa shape index (κ2) is 29.3. The molecule has 0 radical (unpaired) electrons. The monoisotopic (exact) mass is 822 g/mol. The number of anilines is 2. The van der Waals surface area contributed by atoms with Gasteiger partial charge in [-0.3, -0.25) is 14.4 Å². The molecule has 0 fully saturated rings. The van der Waals surface area contributed by atoms with E-state index in [1.54, 1.807) is 30.3 Å². The summed E-state index contributed by atoms with van der Waals surface area (Å²) < 4.78 is 5.94. The number of phenolic OH excluding ortho intramolecular Hbond substituents is 1. The average Bonchev–Trinajstić information content (AvgIpc) is 3.26. The Morgan fingerprint density at radius 1 is 0.533 bits per heavy atom. The predicted molar refractivity (Wildman–Crippen MR) is 250 cm³/mol. The Morgan fingerprint density at radius 3 is 1.40 bits per heavy atom. The third-order valence-electron chi connectivity index (χ3n) is 12.6. The first-order valence-corrected chi connectivity index (χ1v) is 24.5. The van der Waals surface area contributed by atoms with Gasteiger partial charge < -0.3 is 15.2 Å². The van der Waals surface area contributed by atoms with E-state index in [-0.39, 0.29) is 40.3 Å². The summed E-state index contributed by atoms with van der Waals surface area (Å²) in [5, 5.41) is 13.9. The van der Waals surface area contributed by atoms with Gasteiger partial charge in [0.1, 0.15) is 5.75 Å². The zero-order valence-electron chi connectivity index (χ0n) is 37.6. The topological polar surface area (TPSA) is 92.7 Å². The number of phenols is 1. The molecule has 6 nitrogen and oxygen atoms in total. The molecule has 0 saturated heterocycles. The van der Waals surface area contributed by atoms with Crippen LogP contribution in [0.25, 0.3) is 0 Å². The quantitative estimate of drug-likeness (QED) is 0.0277. The van der Waals surface area contributed by atoms with Crippen LogP contribution in [0.5, 0.6) is 5.75 Å². The summed E-state index contributed by atoms with van der Waals surface area (Å²) in [7, 11) is 0. The van der Waals surface area contributed by atoms with E-state index in [1.807, 2.05) is 24.3 Å². The Bertz CT molecular complexity index is 1680. The zero-order valence-corrected chi connectivity index (χ0v) is 37.6. The molecule has 4 rings (SSSR count). The van der Waals surface area contributed by atoms with E-state index in [1.165, 1.54) is 160 Å². The van der Waals surface area contributed by atoms with Crippen LogP contribution in [-0.2, 0) is 16.0 Å². The average molecular weight is 822 g/mol. The Hall–Kier alpha value is -3.93. The number of rotatable bonds is 34. The highest BCUT2D eigenvalue weighted by Gasteiger charge is 2.34. The number of carbonyl (C=O) groups is 3. The van der Waals surface area contributed by atoms with Crippen molar-refractivity contribution in [1.82, 2.24) is 0 Å². The van der Waals surface area contributed by atoms with E-state index >= 15 is 0 Å². The number of esters is 1. The normalized spacial score (nSPS) is 12.6. The number of hydrogen-bond donors (Lipinski definition) is 2. The van der Waals surface area contributed by atoms with Crippen LogP contribution in [0.3, 0.4) is 0 Å². The fourth-order valence-corrected chi connectivity index (χ4v) is 8.80. The highest BCUT2D eigenvalue weighted by atomic mass is 16.5. The number of fused-ring (bicyclic) bond motifs is 2. The van der Waals surface area contributed by atoms with Gasteiger partial charge in [-0.1, -0.05) is 217 Å². The molecule has 0 spiro atoms. The molecule has 1 atom stereocenters. The lowest BCUT2D eigenvalue weighted by Crippen LogP contribution is -2.22. The van der Waals surface area contributed by atoms with Gasteiger partial charge in [0.15, 0.2) is 11.6 Å². The van der Waals surface area contributed by atoms with Gasteiger partial charge in [-0.05, 0) is 42.7 Å². The van der Waals surface area contributed by atoms with Crippen LogP contribution < -0.4 is 5.32 Å². The summed E-state index contributed by atoms with van der Waals surface area (Å²) in [5.74, 6) is -0.913. The maximum Gasteiger partial charge on any atom is 0.308 e. The number of benzene rings is 3. The van der Waals surface area contributed by atoms with Crippen molar-refractivity contribution in [1.29, 1.82) is 0 Å². The van der Waals surface area contributed by atoms with Crippen LogP contribution in [0.1, 0.15) is 231 Å². The van der Waals surface area contributed by atoms with E-state index in [9.17, 15) is 19.5 Å². The highest BCUT2D eigenvalue weighted by Crippen LogP contribution is 2.38. The summed E-state index contributed by atoms with van der Waals surface area (Å²) in [5.41, 5.74) is 3.12. The van der Waals surface area contributed by atoms with Crippen LogP contribution in [-0.4, -0.2) is 29.2 Å². The summed E-state index contributed by atoms with van der Waals surface area (Å²) in [6, 6.07) is 17.6. The molecule has 0 saturated carbocycles. The van der Waals surface area contributed by atoms with Crippen molar-refractivity contribution < 1.29 is 24.2 Å². The number of unbranched alkanes of at least 4 members (excludes halogenated alkanes) is 24. The second-order valence-corrected chi connectivity index (χ2v) is 17.6. The molecule has 0 heterocycles. The molecule has 1 unspecified atom stereocenters. The fourth-order valence-electron chi connectivity index (χ4n) is 8.80. The molecule has 0 amide bonds. The summed E-state index contributed by atoms with van der Waals surface area (Å²) in [6.07, 6.45) is 36.9. The largest absolute Gasteiger partial charge is 0.507 e. The van der Waals surface area contributed by atoms with Crippen LogP contribution in [0, 0.1) is 5.92 Å². The Balaban J connectivity index is 1.18. The van der Waals surface area contributed by atoms with Gasteiger partial charge in [0.25, 0.3) is 0 Å². The molecule has 60 heavy (non-hydrogen) atoms.